The van der Waals surface area contributed by atoms with E-state index in [1.165, 1.54) is 18.2 Å². The first-order valence-corrected chi connectivity index (χ1v) is 11.9. The minimum absolute atomic E-state index is 0.0281. The molecular weight excluding hydrogens is 467 g/mol. The summed E-state index contributed by atoms with van der Waals surface area (Å²) in [5.74, 6) is -0.519. The predicted octanol–water partition coefficient (Wildman–Crippen LogP) is 4.37. The average molecular weight is 490 g/mol. The van der Waals surface area contributed by atoms with E-state index in [1.54, 1.807) is 0 Å². The van der Waals surface area contributed by atoms with E-state index in [-0.39, 0.29) is 27.2 Å². The molecule has 0 bridgehead atoms. The number of nitrogens with zero attached hydrogens (tertiary/aromatic N) is 1. The molecule has 0 aromatic heterocycles. The second kappa shape index (κ2) is 9.68. The van der Waals surface area contributed by atoms with E-state index in [9.17, 15) is 26.4 Å². The highest BCUT2D eigenvalue weighted by molar-refractivity contribution is 7.92. The largest absolute Gasteiger partial charge is 0.416 e. The topological polar surface area (TPSA) is 78.5 Å². The lowest BCUT2D eigenvalue weighted by Gasteiger charge is -2.23. The summed E-state index contributed by atoms with van der Waals surface area (Å²) in [7, 11) is -4.26. The number of likely N-dealkylation sites (tertiary alicyclic amines) is 1. The summed E-state index contributed by atoms with van der Waals surface area (Å²) >= 11 is 6.11. The minimum atomic E-state index is -4.61. The quantitative estimate of drug-likeness (QED) is 0.605. The average Bonchev–Trinajstić information content (AvgIpc) is 3.19. The number of carbonyl (C=O) groups is 1. The normalized spacial score (nSPS) is 17.3. The van der Waals surface area contributed by atoms with Gasteiger partial charge in [-0.25, -0.2) is 8.42 Å². The molecule has 1 saturated heterocycles. The van der Waals surface area contributed by atoms with Gasteiger partial charge in [0.15, 0.2) is 0 Å². The van der Waals surface area contributed by atoms with Gasteiger partial charge in [0.25, 0.3) is 15.9 Å². The number of hydrogen-bond donors (Lipinski definition) is 2. The number of sulfonamides is 1. The second-order valence-corrected chi connectivity index (χ2v) is 9.55. The molecule has 32 heavy (non-hydrogen) atoms. The lowest BCUT2D eigenvalue weighted by atomic mass is 10.2. The molecule has 0 spiro atoms. The third-order valence-electron chi connectivity index (χ3n) is 5.34. The van der Waals surface area contributed by atoms with Crippen LogP contribution in [0.1, 0.15) is 35.7 Å². The zero-order chi connectivity index (χ0) is 23.5. The molecule has 1 fully saturated rings. The van der Waals surface area contributed by atoms with Crippen LogP contribution in [0.4, 0.5) is 18.9 Å². The Bertz CT molecular complexity index is 1090. The first-order chi connectivity index (χ1) is 15.0. The van der Waals surface area contributed by atoms with E-state index < -0.39 is 27.7 Å². The van der Waals surface area contributed by atoms with Crippen molar-refractivity contribution in [3.05, 3.63) is 58.6 Å². The summed E-state index contributed by atoms with van der Waals surface area (Å²) in [5, 5.41) is 2.86. The fraction of sp³-hybridized carbons (Fsp3) is 0.381. The van der Waals surface area contributed by atoms with E-state index in [2.05, 4.69) is 14.9 Å². The van der Waals surface area contributed by atoms with Gasteiger partial charge in [0.05, 0.1) is 21.0 Å². The van der Waals surface area contributed by atoms with Crippen molar-refractivity contribution in [2.45, 2.75) is 36.9 Å². The summed E-state index contributed by atoms with van der Waals surface area (Å²) in [6.45, 7) is 4.29. The molecule has 2 aromatic rings. The molecule has 1 aliphatic heterocycles. The Morgan fingerprint density at radius 2 is 1.97 bits per heavy atom. The summed E-state index contributed by atoms with van der Waals surface area (Å²) in [4.78, 5) is 14.6. The van der Waals surface area contributed by atoms with Gasteiger partial charge in [-0.15, -0.1) is 0 Å². The first kappa shape index (κ1) is 24.3. The number of benzene rings is 2. The number of anilines is 1. The molecule has 1 atom stereocenters. The molecule has 174 valence electrons. The minimum Gasteiger partial charge on any atom is -0.350 e. The molecule has 0 radical (unpaired) electrons. The van der Waals surface area contributed by atoms with Gasteiger partial charge in [-0.05, 0) is 62.3 Å². The van der Waals surface area contributed by atoms with Crippen LogP contribution >= 0.6 is 11.6 Å². The predicted molar refractivity (Wildman–Crippen MR) is 116 cm³/mol. The van der Waals surface area contributed by atoms with Crippen molar-refractivity contribution in [1.29, 1.82) is 0 Å². The van der Waals surface area contributed by atoms with Crippen LogP contribution in [0.5, 0.6) is 0 Å². The van der Waals surface area contributed by atoms with Crippen molar-refractivity contribution in [2.75, 3.05) is 24.4 Å². The van der Waals surface area contributed by atoms with Gasteiger partial charge < -0.3 is 5.32 Å². The number of amides is 1. The van der Waals surface area contributed by atoms with Gasteiger partial charge in [0.2, 0.25) is 0 Å². The third-order valence-corrected chi connectivity index (χ3v) is 7.05. The molecule has 2 aromatic carbocycles. The van der Waals surface area contributed by atoms with E-state index in [1.807, 2.05) is 6.92 Å². The van der Waals surface area contributed by atoms with Gasteiger partial charge in [0.1, 0.15) is 0 Å². The van der Waals surface area contributed by atoms with Gasteiger partial charge in [-0.3, -0.25) is 14.4 Å². The fourth-order valence-electron chi connectivity index (χ4n) is 3.67. The summed E-state index contributed by atoms with van der Waals surface area (Å²) in [6.07, 6.45) is -2.61. The Morgan fingerprint density at radius 1 is 1.22 bits per heavy atom. The SMILES string of the molecule is CCN1CCCC1CNC(=O)c1cc(S(=O)(=O)Nc2cccc(C(F)(F)F)c2)ccc1Cl. The molecule has 0 saturated carbocycles. The number of alkyl halides is 3. The summed E-state index contributed by atoms with van der Waals surface area (Å²) < 4.78 is 66.3. The Labute approximate surface area is 189 Å². The van der Waals surface area contributed by atoms with E-state index in [0.29, 0.717) is 12.6 Å². The zero-order valence-electron chi connectivity index (χ0n) is 17.2. The molecule has 3 rings (SSSR count). The van der Waals surface area contributed by atoms with Gasteiger partial charge in [-0.2, -0.15) is 13.2 Å². The highest BCUT2D eigenvalue weighted by Crippen LogP contribution is 2.31. The smallest absolute Gasteiger partial charge is 0.350 e. The van der Waals surface area contributed by atoms with Crippen LogP contribution in [-0.4, -0.2) is 44.9 Å². The Kier molecular flexibility index (Phi) is 7.36. The Morgan fingerprint density at radius 3 is 2.66 bits per heavy atom. The number of nitrogens with one attached hydrogen (secondary N) is 2. The maximum absolute atomic E-state index is 12.9. The van der Waals surface area contributed by atoms with Crippen molar-refractivity contribution in [1.82, 2.24) is 10.2 Å². The number of likely N-dealkylation sites (N-methyl/N-ethyl adjacent to an activating group) is 1. The third kappa shape index (κ3) is 5.73. The summed E-state index contributed by atoms with van der Waals surface area (Å²) in [5.41, 5.74) is -1.26. The molecule has 1 unspecified atom stereocenters. The van der Waals surface area contributed by atoms with Gasteiger partial charge >= 0.3 is 6.18 Å². The molecule has 0 aliphatic carbocycles. The number of rotatable bonds is 7. The van der Waals surface area contributed by atoms with Crippen LogP contribution in [0.3, 0.4) is 0 Å². The Balaban J connectivity index is 1.77. The van der Waals surface area contributed by atoms with Crippen molar-refractivity contribution >= 4 is 33.2 Å². The van der Waals surface area contributed by atoms with Crippen molar-refractivity contribution in [3.8, 4) is 0 Å². The maximum atomic E-state index is 12.9. The number of carbonyl (C=O) groups excluding carboxylic acids is 1. The number of hydrogen-bond acceptors (Lipinski definition) is 4. The van der Waals surface area contributed by atoms with Crippen LogP contribution < -0.4 is 10.0 Å². The highest BCUT2D eigenvalue weighted by atomic mass is 35.5. The molecule has 2 N–H and O–H groups in total. The van der Waals surface area contributed by atoms with Crippen LogP contribution in [0.2, 0.25) is 5.02 Å². The molecule has 11 heteroatoms. The van der Waals surface area contributed by atoms with Crippen LogP contribution in [0.15, 0.2) is 47.4 Å². The van der Waals surface area contributed by atoms with E-state index in [0.717, 1.165) is 44.1 Å². The van der Waals surface area contributed by atoms with E-state index >= 15 is 0 Å². The lowest BCUT2D eigenvalue weighted by Crippen LogP contribution is -2.40. The summed E-state index contributed by atoms with van der Waals surface area (Å²) in [6, 6.07) is 7.61. The standard InChI is InChI=1S/C21H23ClF3N3O3S/c1-2-28-10-4-7-16(28)13-26-20(29)18-12-17(8-9-19(18)22)32(30,31)27-15-6-3-5-14(11-15)21(23,24)25/h3,5-6,8-9,11-12,16,27H,2,4,7,10,13H2,1H3,(H,26,29). The van der Waals surface area contributed by atoms with Crippen LogP contribution in [-0.2, 0) is 16.2 Å². The molecule has 6 nitrogen and oxygen atoms in total. The van der Waals surface area contributed by atoms with Crippen LogP contribution in [0.25, 0.3) is 0 Å². The van der Waals surface area contributed by atoms with Crippen LogP contribution in [0, 0.1) is 0 Å². The Hall–Kier alpha value is -2.30. The van der Waals surface area contributed by atoms with Crippen molar-refractivity contribution < 1.29 is 26.4 Å². The fourth-order valence-corrected chi connectivity index (χ4v) is 4.95. The van der Waals surface area contributed by atoms with E-state index in [4.69, 9.17) is 11.6 Å². The van der Waals surface area contributed by atoms with Gasteiger partial charge in [-0.1, -0.05) is 24.6 Å². The van der Waals surface area contributed by atoms with Crippen molar-refractivity contribution in [2.24, 2.45) is 0 Å². The zero-order valence-corrected chi connectivity index (χ0v) is 18.8. The second-order valence-electron chi connectivity index (χ2n) is 7.46. The maximum Gasteiger partial charge on any atom is 0.416 e. The molecule has 1 amide bonds. The number of halogens is 4. The molecular formula is C21H23ClF3N3O3S. The first-order valence-electron chi connectivity index (χ1n) is 10.0. The molecule has 1 aliphatic rings. The van der Waals surface area contributed by atoms with Gasteiger partial charge in [0, 0.05) is 18.3 Å². The highest BCUT2D eigenvalue weighted by Gasteiger charge is 2.31. The molecule has 1 heterocycles. The monoisotopic (exact) mass is 489 g/mol. The lowest BCUT2D eigenvalue weighted by molar-refractivity contribution is -0.137. The van der Waals surface area contributed by atoms with Crippen molar-refractivity contribution in [3.63, 3.8) is 0 Å².